The Morgan fingerprint density at radius 3 is 2.59 bits per heavy atom. The minimum atomic E-state index is 0.0482. The molecule has 3 nitrogen and oxygen atoms in total. The van der Waals surface area contributed by atoms with Gasteiger partial charge in [0, 0.05) is 17.5 Å². The fourth-order valence-corrected chi connectivity index (χ4v) is 4.36. The molecule has 1 fully saturated rings. The second-order valence-corrected chi connectivity index (χ2v) is 7.17. The summed E-state index contributed by atoms with van der Waals surface area (Å²) in [6.45, 7) is 0.838. The van der Waals surface area contributed by atoms with Gasteiger partial charge >= 0.3 is 0 Å². The van der Waals surface area contributed by atoms with Crippen LogP contribution in [0.3, 0.4) is 0 Å². The Morgan fingerprint density at radius 2 is 1.91 bits per heavy atom. The van der Waals surface area contributed by atoms with Gasteiger partial charge in [0.2, 0.25) is 0 Å². The molecule has 0 bridgehead atoms. The molecule has 2 aliphatic rings. The number of hydrogen-bond donors (Lipinski definition) is 1. The maximum Gasteiger partial charge on any atom is 0.261 e. The van der Waals surface area contributed by atoms with Gasteiger partial charge < -0.3 is 10.1 Å². The maximum absolute atomic E-state index is 12.4. The number of carbonyl (C=O) groups excluding carboxylic acids is 1. The van der Waals surface area contributed by atoms with E-state index in [0.29, 0.717) is 0 Å². The zero-order valence-electron chi connectivity index (χ0n) is 12.4. The molecule has 114 valence electrons. The monoisotopic (exact) mass is 313 g/mol. The van der Waals surface area contributed by atoms with Crippen LogP contribution in [0.15, 0.2) is 36.4 Å². The van der Waals surface area contributed by atoms with Gasteiger partial charge in [-0.15, -0.1) is 11.3 Å². The molecule has 22 heavy (non-hydrogen) atoms. The standard InChI is InChI=1S/C18H19NO2S/c20-18(17-8-7-16(22-17)15-6-3-9-21-15)19-14-10-12-4-1-2-5-13(12)11-14/h1-2,4-5,7-8,14-15H,3,6,9-11H2,(H,19,20)/t15-/m1/s1. The number of nitrogens with one attached hydrogen (secondary N) is 1. The van der Waals surface area contributed by atoms with E-state index in [1.54, 1.807) is 11.3 Å². The van der Waals surface area contributed by atoms with Crippen molar-refractivity contribution in [1.82, 2.24) is 5.32 Å². The second-order valence-electron chi connectivity index (χ2n) is 6.05. The third kappa shape index (κ3) is 2.69. The third-order valence-corrected chi connectivity index (χ3v) is 5.66. The van der Waals surface area contributed by atoms with Crippen LogP contribution >= 0.6 is 11.3 Å². The van der Waals surface area contributed by atoms with Crippen molar-refractivity contribution in [3.05, 3.63) is 57.3 Å². The van der Waals surface area contributed by atoms with Gasteiger partial charge in [-0.1, -0.05) is 24.3 Å². The molecule has 4 heteroatoms. The van der Waals surface area contributed by atoms with Crippen LogP contribution in [-0.2, 0) is 17.6 Å². The van der Waals surface area contributed by atoms with Gasteiger partial charge in [-0.2, -0.15) is 0 Å². The molecule has 1 aliphatic heterocycles. The summed E-state index contributed by atoms with van der Waals surface area (Å²) in [5, 5.41) is 3.18. The highest BCUT2D eigenvalue weighted by Crippen LogP contribution is 2.33. The molecule has 0 unspecified atom stereocenters. The Kier molecular flexibility index (Phi) is 3.72. The number of thiophene rings is 1. The lowest BCUT2D eigenvalue weighted by molar-refractivity contribution is 0.0942. The van der Waals surface area contributed by atoms with Gasteiger partial charge in [0.15, 0.2) is 0 Å². The highest BCUT2D eigenvalue weighted by Gasteiger charge is 2.25. The van der Waals surface area contributed by atoms with E-state index in [1.165, 1.54) is 16.0 Å². The molecule has 0 saturated carbocycles. The molecule has 1 aromatic heterocycles. The summed E-state index contributed by atoms with van der Waals surface area (Å²) >= 11 is 1.57. The van der Waals surface area contributed by atoms with Crippen molar-refractivity contribution in [2.24, 2.45) is 0 Å². The lowest BCUT2D eigenvalue weighted by Crippen LogP contribution is -2.34. The Labute approximate surface area is 134 Å². The van der Waals surface area contributed by atoms with Gasteiger partial charge in [-0.05, 0) is 48.9 Å². The lowest BCUT2D eigenvalue weighted by atomic mass is 10.1. The zero-order valence-corrected chi connectivity index (χ0v) is 13.2. The second kappa shape index (κ2) is 5.86. The Morgan fingerprint density at radius 1 is 1.14 bits per heavy atom. The molecule has 1 atom stereocenters. The molecule has 2 aromatic rings. The van der Waals surface area contributed by atoms with E-state index >= 15 is 0 Å². The number of fused-ring (bicyclic) bond motifs is 1. The van der Waals surface area contributed by atoms with Crippen molar-refractivity contribution >= 4 is 17.2 Å². The van der Waals surface area contributed by atoms with E-state index in [0.717, 1.165) is 37.2 Å². The summed E-state index contributed by atoms with van der Waals surface area (Å²) < 4.78 is 5.69. The average molecular weight is 313 g/mol. The molecule has 0 spiro atoms. The number of ether oxygens (including phenoxy) is 1. The molecular weight excluding hydrogens is 294 g/mol. The highest BCUT2D eigenvalue weighted by molar-refractivity contribution is 7.14. The molecule has 1 amide bonds. The highest BCUT2D eigenvalue weighted by atomic mass is 32.1. The Balaban J connectivity index is 1.41. The van der Waals surface area contributed by atoms with E-state index in [4.69, 9.17) is 4.74 Å². The molecule has 2 heterocycles. The minimum Gasteiger partial charge on any atom is -0.373 e. The van der Waals surface area contributed by atoms with Crippen molar-refractivity contribution in [2.75, 3.05) is 6.61 Å². The van der Waals surface area contributed by atoms with Crippen molar-refractivity contribution in [3.63, 3.8) is 0 Å². The number of rotatable bonds is 3. The molecule has 0 radical (unpaired) electrons. The topological polar surface area (TPSA) is 38.3 Å². The van der Waals surface area contributed by atoms with Crippen LogP contribution in [0.5, 0.6) is 0 Å². The van der Waals surface area contributed by atoms with Crippen LogP contribution in [0.4, 0.5) is 0 Å². The number of carbonyl (C=O) groups is 1. The van der Waals surface area contributed by atoms with Gasteiger partial charge in [0.05, 0.1) is 11.0 Å². The van der Waals surface area contributed by atoms with Crippen LogP contribution in [0.25, 0.3) is 0 Å². The van der Waals surface area contributed by atoms with E-state index in [2.05, 4.69) is 29.6 Å². The van der Waals surface area contributed by atoms with E-state index in [9.17, 15) is 4.79 Å². The first kappa shape index (κ1) is 14.0. The third-order valence-electron chi connectivity index (χ3n) is 4.48. The lowest BCUT2D eigenvalue weighted by Gasteiger charge is -2.11. The van der Waals surface area contributed by atoms with Crippen molar-refractivity contribution in [1.29, 1.82) is 0 Å². The number of hydrogen-bond acceptors (Lipinski definition) is 3. The quantitative estimate of drug-likeness (QED) is 0.942. The Hall–Kier alpha value is -1.65. The van der Waals surface area contributed by atoms with Gasteiger partial charge in [0.1, 0.15) is 0 Å². The number of benzene rings is 1. The molecule has 1 aliphatic carbocycles. The fourth-order valence-electron chi connectivity index (χ4n) is 3.37. The molecule has 4 rings (SSSR count). The predicted octanol–water partition coefficient (Wildman–Crippen LogP) is 3.50. The number of amides is 1. The van der Waals surface area contributed by atoms with Crippen molar-refractivity contribution < 1.29 is 9.53 Å². The van der Waals surface area contributed by atoms with Gasteiger partial charge in [-0.25, -0.2) is 0 Å². The van der Waals surface area contributed by atoms with Crippen molar-refractivity contribution in [3.8, 4) is 0 Å². The average Bonchev–Trinajstić information content (AvgIpc) is 3.26. The SMILES string of the molecule is O=C(NC1Cc2ccccc2C1)c1ccc([C@H]2CCCO2)s1. The Bertz CT molecular complexity index is 663. The predicted molar refractivity (Wildman–Crippen MR) is 87.4 cm³/mol. The van der Waals surface area contributed by atoms with E-state index < -0.39 is 0 Å². The summed E-state index contributed by atoms with van der Waals surface area (Å²) in [6.07, 6.45) is 4.25. The fraction of sp³-hybridized carbons (Fsp3) is 0.389. The summed E-state index contributed by atoms with van der Waals surface area (Å²) in [4.78, 5) is 14.4. The molecule has 1 N–H and O–H groups in total. The van der Waals surface area contributed by atoms with Crippen LogP contribution in [0.2, 0.25) is 0 Å². The van der Waals surface area contributed by atoms with Crippen LogP contribution in [0, 0.1) is 0 Å². The van der Waals surface area contributed by atoms with E-state index in [-0.39, 0.29) is 18.1 Å². The molecule has 1 saturated heterocycles. The molecule has 1 aromatic carbocycles. The first-order valence-electron chi connectivity index (χ1n) is 7.88. The summed E-state index contributed by atoms with van der Waals surface area (Å²) in [6, 6.07) is 12.6. The molecular formula is C18H19NO2S. The van der Waals surface area contributed by atoms with Crippen LogP contribution < -0.4 is 5.32 Å². The first-order chi connectivity index (χ1) is 10.8. The van der Waals surface area contributed by atoms with Gasteiger partial charge in [-0.3, -0.25) is 4.79 Å². The maximum atomic E-state index is 12.4. The first-order valence-corrected chi connectivity index (χ1v) is 8.70. The largest absolute Gasteiger partial charge is 0.373 e. The van der Waals surface area contributed by atoms with Crippen LogP contribution in [0.1, 0.15) is 44.6 Å². The van der Waals surface area contributed by atoms with Crippen LogP contribution in [-0.4, -0.2) is 18.6 Å². The normalized spacial score (nSPS) is 21.0. The zero-order chi connectivity index (χ0) is 14.9. The summed E-state index contributed by atoms with van der Waals surface area (Å²) in [5.74, 6) is 0.0482. The van der Waals surface area contributed by atoms with Gasteiger partial charge in [0.25, 0.3) is 5.91 Å². The minimum absolute atomic E-state index is 0.0482. The summed E-state index contributed by atoms with van der Waals surface area (Å²) in [7, 11) is 0. The van der Waals surface area contributed by atoms with Crippen molar-refractivity contribution in [2.45, 2.75) is 37.8 Å². The van der Waals surface area contributed by atoms with E-state index in [1.807, 2.05) is 12.1 Å². The summed E-state index contributed by atoms with van der Waals surface area (Å²) in [5.41, 5.74) is 2.72. The smallest absolute Gasteiger partial charge is 0.261 e.